The highest BCUT2D eigenvalue weighted by molar-refractivity contribution is 5.82. The minimum Gasteiger partial charge on any atom is -0.459 e. The van der Waals surface area contributed by atoms with E-state index in [4.69, 9.17) is 28.4 Å². The molecule has 0 aliphatic heterocycles. The third-order valence-corrected chi connectivity index (χ3v) is 8.92. The monoisotopic (exact) mass is 894 g/mol. The highest BCUT2D eigenvalue weighted by Crippen LogP contribution is 2.05. The summed E-state index contributed by atoms with van der Waals surface area (Å²) in [5.41, 5.74) is -2.08. The van der Waals surface area contributed by atoms with E-state index in [1.165, 1.54) is 0 Å². The number of unbranched alkanes of at least 4 members (excludes halogenated alkanes) is 9. The van der Waals surface area contributed by atoms with Gasteiger partial charge in [-0.2, -0.15) is 0 Å². The van der Waals surface area contributed by atoms with Crippen LogP contribution in [0.3, 0.4) is 0 Å². The van der Waals surface area contributed by atoms with Crippen LogP contribution in [0, 0.1) is 0 Å². The second-order valence-electron chi connectivity index (χ2n) is 14.5. The van der Waals surface area contributed by atoms with E-state index in [1.807, 2.05) is 0 Å². The van der Waals surface area contributed by atoms with Crippen molar-refractivity contribution < 1.29 is 57.2 Å². The molecule has 1 heterocycles. The van der Waals surface area contributed by atoms with Gasteiger partial charge in [-0.3, -0.25) is 0 Å². The van der Waals surface area contributed by atoms with Crippen molar-refractivity contribution in [3.63, 3.8) is 0 Å². The lowest BCUT2D eigenvalue weighted by Gasteiger charge is -2.15. The molecule has 0 aromatic carbocycles. The Bertz CT molecular complexity index is 1590. The Kier molecular flexibility index (Phi) is 28.3. The summed E-state index contributed by atoms with van der Waals surface area (Å²) in [5.74, 6) is -1.87. The van der Waals surface area contributed by atoms with Crippen LogP contribution in [0.1, 0.15) is 97.8 Å². The molecule has 0 aliphatic carbocycles. The smallest absolute Gasteiger partial charge is 0.407 e. The van der Waals surface area contributed by atoms with Crippen LogP contribution in [0.5, 0.6) is 0 Å². The number of ether oxygens (including phenoxy) is 6. The molecule has 0 saturated heterocycles. The van der Waals surface area contributed by atoms with Crippen LogP contribution in [0.25, 0.3) is 0 Å². The van der Waals surface area contributed by atoms with Gasteiger partial charge < -0.3 is 44.4 Å². The van der Waals surface area contributed by atoms with Gasteiger partial charge in [0.1, 0.15) is 38.1 Å². The summed E-state index contributed by atoms with van der Waals surface area (Å²) in [5, 5.41) is 7.88. The summed E-state index contributed by atoms with van der Waals surface area (Å²) in [7, 11) is 0. The maximum absolute atomic E-state index is 13.5. The van der Waals surface area contributed by atoms with Gasteiger partial charge in [0.15, 0.2) is 0 Å². The lowest BCUT2D eigenvalue weighted by molar-refractivity contribution is -0.141. The minimum absolute atomic E-state index is 0.0858. The van der Waals surface area contributed by atoms with Gasteiger partial charge in [-0.1, -0.05) is 58.3 Å². The molecular weight excluding hydrogens is 828 g/mol. The number of hydrogen-bond acceptors (Lipinski definition) is 15. The first-order valence-corrected chi connectivity index (χ1v) is 21.3. The molecular formula is C42H66N6O15. The molecule has 354 valence electrons. The van der Waals surface area contributed by atoms with Crippen molar-refractivity contribution in [3.8, 4) is 0 Å². The molecule has 3 unspecified atom stereocenters. The molecule has 0 bridgehead atoms. The Morgan fingerprint density at radius 2 is 0.683 bits per heavy atom. The second kappa shape index (κ2) is 32.5. The molecule has 1 rings (SSSR count). The zero-order valence-electron chi connectivity index (χ0n) is 36.9. The van der Waals surface area contributed by atoms with E-state index < -0.39 is 71.6 Å². The molecule has 0 aliphatic rings. The molecule has 0 saturated carbocycles. The molecule has 0 fully saturated rings. The maximum Gasteiger partial charge on any atom is 0.407 e. The average molecular weight is 895 g/mol. The Balaban J connectivity index is 2.74. The van der Waals surface area contributed by atoms with Crippen LogP contribution in [-0.4, -0.2) is 108 Å². The summed E-state index contributed by atoms with van der Waals surface area (Å²) < 4.78 is 33.2. The van der Waals surface area contributed by atoms with E-state index in [0.717, 1.165) is 31.9 Å². The van der Waals surface area contributed by atoms with E-state index in [2.05, 4.69) is 35.7 Å². The number of esters is 3. The predicted molar refractivity (Wildman–Crippen MR) is 230 cm³/mol. The maximum atomic E-state index is 13.5. The number of nitrogens with one attached hydrogen (secondary N) is 3. The Hall–Kier alpha value is -6.15. The zero-order chi connectivity index (χ0) is 47.0. The van der Waals surface area contributed by atoms with Crippen molar-refractivity contribution in [2.24, 2.45) is 0 Å². The van der Waals surface area contributed by atoms with Crippen LogP contribution >= 0.6 is 0 Å². The molecule has 0 spiro atoms. The fourth-order valence-corrected chi connectivity index (χ4v) is 5.62. The SMILES string of the molecule is C=CC(=O)OCC(C)OC(=O)NCCCCCCn1c(=O)n(CCCCCCNC(=O)OC(C)COC(=O)C=C)c(=O)n(CCCCCCNC(=O)OC(C)COC(=O)C=C)c1=O. The summed E-state index contributed by atoms with van der Waals surface area (Å²) in [6, 6.07) is 0. The van der Waals surface area contributed by atoms with Crippen molar-refractivity contribution in [2.75, 3.05) is 39.5 Å². The van der Waals surface area contributed by atoms with E-state index in [0.29, 0.717) is 96.7 Å². The van der Waals surface area contributed by atoms with Gasteiger partial charge in [-0.05, 0) is 59.3 Å². The molecule has 1 aromatic heterocycles. The van der Waals surface area contributed by atoms with Gasteiger partial charge in [0.05, 0.1) is 0 Å². The van der Waals surface area contributed by atoms with Crippen LogP contribution in [-0.2, 0) is 62.4 Å². The zero-order valence-corrected chi connectivity index (χ0v) is 36.9. The van der Waals surface area contributed by atoms with Crippen molar-refractivity contribution in [3.05, 3.63) is 69.4 Å². The van der Waals surface area contributed by atoms with E-state index in [-0.39, 0.29) is 39.5 Å². The topological polar surface area (TPSA) is 260 Å². The van der Waals surface area contributed by atoms with E-state index in [9.17, 15) is 43.2 Å². The molecule has 21 nitrogen and oxygen atoms in total. The second-order valence-corrected chi connectivity index (χ2v) is 14.5. The number of carbonyl (C=O) groups excluding carboxylic acids is 6. The molecule has 1 aromatic rings. The van der Waals surface area contributed by atoms with Crippen LogP contribution in [0.4, 0.5) is 14.4 Å². The Morgan fingerprint density at radius 3 is 0.921 bits per heavy atom. The highest BCUT2D eigenvalue weighted by Gasteiger charge is 2.17. The van der Waals surface area contributed by atoms with E-state index >= 15 is 0 Å². The third-order valence-electron chi connectivity index (χ3n) is 8.92. The average Bonchev–Trinajstić information content (AvgIpc) is 3.25. The van der Waals surface area contributed by atoms with Crippen molar-refractivity contribution in [1.29, 1.82) is 0 Å². The normalized spacial score (nSPS) is 12.0. The van der Waals surface area contributed by atoms with Crippen LogP contribution < -0.4 is 33.0 Å². The minimum atomic E-state index is -0.693. The number of rotatable bonds is 33. The van der Waals surface area contributed by atoms with Gasteiger partial charge in [0, 0.05) is 57.5 Å². The number of aromatic nitrogens is 3. The van der Waals surface area contributed by atoms with Gasteiger partial charge >= 0.3 is 53.3 Å². The predicted octanol–water partition coefficient (Wildman–Crippen LogP) is 3.38. The number of nitrogens with zero attached hydrogens (tertiary/aromatic N) is 3. The third kappa shape index (κ3) is 24.8. The molecule has 3 amide bonds. The lowest BCUT2D eigenvalue weighted by atomic mass is 10.2. The number of hydrogen-bond donors (Lipinski definition) is 3. The first-order chi connectivity index (χ1) is 30.1. The number of amides is 3. The first kappa shape index (κ1) is 54.9. The lowest BCUT2D eigenvalue weighted by Crippen LogP contribution is -2.54. The first-order valence-electron chi connectivity index (χ1n) is 21.3. The van der Waals surface area contributed by atoms with E-state index in [1.54, 1.807) is 20.8 Å². The van der Waals surface area contributed by atoms with Gasteiger partial charge in [-0.25, -0.2) is 56.9 Å². The summed E-state index contributed by atoms with van der Waals surface area (Å²) in [6.45, 7) is 15.5. The molecule has 3 atom stereocenters. The Morgan fingerprint density at radius 1 is 0.444 bits per heavy atom. The van der Waals surface area contributed by atoms with Gasteiger partial charge in [0.2, 0.25) is 0 Å². The van der Waals surface area contributed by atoms with Crippen molar-refractivity contribution in [2.45, 2.75) is 136 Å². The quantitative estimate of drug-likeness (QED) is 0.0396. The fraction of sp³-hybridized carbons (Fsp3) is 0.643. The summed E-state index contributed by atoms with van der Waals surface area (Å²) in [4.78, 5) is 110. The van der Waals surface area contributed by atoms with Crippen molar-refractivity contribution >= 4 is 36.2 Å². The standard InChI is InChI=1S/C42H66N6O15/c1-7-34(49)58-28-31(4)61-37(52)43-22-16-10-13-19-25-46-40(55)47(26-20-14-11-17-23-44-38(53)62-32(5)29-59-35(50)8-2)42(57)48(41(46)56)27-21-15-12-18-24-45-39(54)63-33(6)30-60-36(51)9-3/h7-9,31-33H,1-3,10-30H2,4-6H3,(H,43,52)(H,44,53)(H,45,54). The summed E-state index contributed by atoms with van der Waals surface area (Å²) in [6.07, 6.45) is 6.16. The molecule has 63 heavy (non-hydrogen) atoms. The molecule has 3 N–H and O–H groups in total. The van der Waals surface area contributed by atoms with Crippen LogP contribution in [0.15, 0.2) is 52.3 Å². The molecule has 21 heteroatoms. The van der Waals surface area contributed by atoms with Gasteiger partial charge in [0.25, 0.3) is 0 Å². The van der Waals surface area contributed by atoms with Gasteiger partial charge in [-0.15, -0.1) is 0 Å². The largest absolute Gasteiger partial charge is 0.459 e. The number of alkyl carbamates (subject to hydrolysis) is 3. The number of carbonyl (C=O) groups is 6. The Labute approximate surface area is 367 Å². The summed E-state index contributed by atoms with van der Waals surface area (Å²) >= 11 is 0. The fourth-order valence-electron chi connectivity index (χ4n) is 5.62. The van der Waals surface area contributed by atoms with Crippen molar-refractivity contribution in [1.82, 2.24) is 29.7 Å². The van der Waals surface area contributed by atoms with Crippen LogP contribution in [0.2, 0.25) is 0 Å². The highest BCUT2D eigenvalue weighted by atomic mass is 16.6. The molecule has 0 radical (unpaired) electrons.